The molecule has 0 radical (unpaired) electrons. The van der Waals surface area contributed by atoms with Gasteiger partial charge in [-0.25, -0.2) is 4.39 Å². The molecule has 2 aromatic rings. The van der Waals surface area contributed by atoms with Crippen LogP contribution in [0.3, 0.4) is 0 Å². The number of hydrogen-bond acceptors (Lipinski definition) is 1. The van der Waals surface area contributed by atoms with Crippen molar-refractivity contribution < 1.29 is 9.50 Å². The summed E-state index contributed by atoms with van der Waals surface area (Å²) in [6, 6.07) is 10.2. The van der Waals surface area contributed by atoms with Crippen molar-refractivity contribution in [1.29, 1.82) is 0 Å². The predicted molar refractivity (Wildman–Crippen MR) is 82.1 cm³/mol. The normalized spacial score (nSPS) is 12.5. The molecule has 2 aromatic carbocycles. The van der Waals surface area contributed by atoms with Crippen LogP contribution < -0.4 is 0 Å². The molecule has 0 spiro atoms. The van der Waals surface area contributed by atoms with E-state index in [0.717, 1.165) is 19.2 Å². The Kier molecular flexibility index (Phi) is 4.40. The summed E-state index contributed by atoms with van der Waals surface area (Å²) in [7, 11) is 0. The van der Waals surface area contributed by atoms with Crippen molar-refractivity contribution in [3.63, 3.8) is 0 Å². The molecule has 0 amide bonds. The van der Waals surface area contributed by atoms with Gasteiger partial charge in [0.25, 0.3) is 0 Å². The van der Waals surface area contributed by atoms with Crippen molar-refractivity contribution >= 4 is 38.5 Å². The lowest BCUT2D eigenvalue weighted by Gasteiger charge is -2.15. The van der Waals surface area contributed by atoms with Crippen LogP contribution in [0.25, 0.3) is 0 Å². The van der Waals surface area contributed by atoms with Crippen LogP contribution in [-0.2, 0) is 0 Å². The van der Waals surface area contributed by atoms with Gasteiger partial charge in [-0.05, 0) is 58.8 Å². The smallest absolute Gasteiger partial charge is 0.129 e. The van der Waals surface area contributed by atoms with Gasteiger partial charge in [0.2, 0.25) is 0 Å². The zero-order valence-electron chi connectivity index (χ0n) is 9.62. The number of aliphatic hydroxyl groups excluding tert-OH is 1. The summed E-state index contributed by atoms with van der Waals surface area (Å²) in [5, 5.41) is 10.3. The lowest BCUT2D eigenvalue weighted by Crippen LogP contribution is -2.05. The van der Waals surface area contributed by atoms with E-state index in [9.17, 15) is 9.50 Å². The summed E-state index contributed by atoms with van der Waals surface area (Å²) in [6.45, 7) is 1.97. The standard InChI is InChI=1S/C14H11BrFIO/c1-8-3-2-4-10(13(8)17)14(18)11-7-9(15)5-6-12(11)16/h2-7,14,18H,1H3. The number of aryl methyl sites for hydroxylation is 1. The molecule has 0 aliphatic carbocycles. The zero-order chi connectivity index (χ0) is 13.3. The number of hydrogen-bond donors (Lipinski definition) is 1. The Morgan fingerprint density at radius 1 is 1.22 bits per heavy atom. The van der Waals surface area contributed by atoms with E-state index in [-0.39, 0.29) is 5.56 Å². The van der Waals surface area contributed by atoms with Gasteiger partial charge < -0.3 is 5.11 Å². The fourth-order valence-electron chi connectivity index (χ4n) is 1.77. The zero-order valence-corrected chi connectivity index (χ0v) is 13.4. The second kappa shape index (κ2) is 5.67. The summed E-state index contributed by atoms with van der Waals surface area (Å²) >= 11 is 5.46. The molecule has 0 fully saturated rings. The Bertz CT molecular complexity index is 584. The average Bonchev–Trinajstić information content (AvgIpc) is 2.35. The third-order valence-corrected chi connectivity index (χ3v) is 4.74. The van der Waals surface area contributed by atoms with E-state index in [1.165, 1.54) is 6.07 Å². The van der Waals surface area contributed by atoms with Gasteiger partial charge in [-0.1, -0.05) is 34.1 Å². The minimum atomic E-state index is -0.950. The highest BCUT2D eigenvalue weighted by Gasteiger charge is 2.18. The SMILES string of the molecule is Cc1cccc(C(O)c2cc(Br)ccc2F)c1I. The van der Waals surface area contributed by atoms with Crippen LogP contribution in [0.2, 0.25) is 0 Å². The van der Waals surface area contributed by atoms with Crippen molar-refractivity contribution in [2.24, 2.45) is 0 Å². The van der Waals surface area contributed by atoms with Gasteiger partial charge in [-0.15, -0.1) is 0 Å². The van der Waals surface area contributed by atoms with E-state index in [1.807, 2.05) is 25.1 Å². The Morgan fingerprint density at radius 3 is 2.67 bits per heavy atom. The molecule has 18 heavy (non-hydrogen) atoms. The second-order valence-electron chi connectivity index (χ2n) is 4.05. The van der Waals surface area contributed by atoms with E-state index < -0.39 is 11.9 Å². The molecule has 0 heterocycles. The molecule has 1 unspecified atom stereocenters. The van der Waals surface area contributed by atoms with Crippen LogP contribution in [0.1, 0.15) is 22.8 Å². The van der Waals surface area contributed by atoms with Gasteiger partial charge in [0.05, 0.1) is 0 Å². The van der Waals surface area contributed by atoms with E-state index in [1.54, 1.807) is 12.1 Å². The monoisotopic (exact) mass is 420 g/mol. The molecule has 0 saturated heterocycles. The Morgan fingerprint density at radius 2 is 1.94 bits per heavy atom. The van der Waals surface area contributed by atoms with Gasteiger partial charge in [0, 0.05) is 13.6 Å². The first kappa shape index (κ1) is 14.0. The average molecular weight is 421 g/mol. The van der Waals surface area contributed by atoms with Crippen molar-refractivity contribution in [3.8, 4) is 0 Å². The molecule has 0 bridgehead atoms. The van der Waals surface area contributed by atoms with Crippen LogP contribution in [0.15, 0.2) is 40.9 Å². The molecular weight excluding hydrogens is 410 g/mol. The maximum Gasteiger partial charge on any atom is 0.129 e. The molecule has 0 saturated carbocycles. The van der Waals surface area contributed by atoms with E-state index in [0.29, 0.717) is 0 Å². The van der Waals surface area contributed by atoms with Crippen LogP contribution >= 0.6 is 38.5 Å². The molecule has 2 rings (SSSR count). The van der Waals surface area contributed by atoms with Crippen molar-refractivity contribution in [1.82, 2.24) is 0 Å². The van der Waals surface area contributed by atoms with Gasteiger partial charge in [-0.2, -0.15) is 0 Å². The summed E-state index contributed by atoms with van der Waals surface area (Å²) in [5.74, 6) is -0.400. The summed E-state index contributed by atoms with van der Waals surface area (Å²) in [6.07, 6.45) is -0.950. The molecule has 1 atom stereocenters. The van der Waals surface area contributed by atoms with E-state index >= 15 is 0 Å². The number of benzene rings is 2. The first-order valence-corrected chi connectivity index (χ1v) is 7.26. The Balaban J connectivity index is 2.51. The second-order valence-corrected chi connectivity index (χ2v) is 6.04. The summed E-state index contributed by atoms with van der Waals surface area (Å²) in [5.41, 5.74) is 2.09. The topological polar surface area (TPSA) is 20.2 Å². The molecule has 4 heteroatoms. The van der Waals surface area contributed by atoms with Crippen molar-refractivity contribution in [2.75, 3.05) is 0 Å². The first-order valence-electron chi connectivity index (χ1n) is 5.38. The number of aliphatic hydroxyl groups is 1. The molecule has 1 N–H and O–H groups in total. The van der Waals surface area contributed by atoms with E-state index in [2.05, 4.69) is 38.5 Å². The molecule has 0 aromatic heterocycles. The Labute approximate surface area is 127 Å². The van der Waals surface area contributed by atoms with Gasteiger partial charge >= 0.3 is 0 Å². The fourth-order valence-corrected chi connectivity index (χ4v) is 2.81. The molecule has 0 aliphatic rings. The van der Waals surface area contributed by atoms with Gasteiger partial charge in [-0.3, -0.25) is 0 Å². The minimum Gasteiger partial charge on any atom is -0.384 e. The van der Waals surface area contributed by atoms with Crippen LogP contribution in [0, 0.1) is 16.3 Å². The van der Waals surface area contributed by atoms with Crippen molar-refractivity contribution in [3.05, 3.63) is 66.9 Å². The molecule has 1 nitrogen and oxygen atoms in total. The van der Waals surface area contributed by atoms with Gasteiger partial charge in [0.1, 0.15) is 11.9 Å². The highest BCUT2D eigenvalue weighted by Crippen LogP contribution is 2.30. The molecule has 0 aliphatic heterocycles. The third kappa shape index (κ3) is 2.75. The van der Waals surface area contributed by atoms with E-state index in [4.69, 9.17) is 0 Å². The van der Waals surface area contributed by atoms with Crippen LogP contribution in [0.5, 0.6) is 0 Å². The number of halogens is 3. The molecule has 94 valence electrons. The van der Waals surface area contributed by atoms with Crippen LogP contribution in [-0.4, -0.2) is 5.11 Å². The number of rotatable bonds is 2. The quantitative estimate of drug-likeness (QED) is 0.705. The summed E-state index contributed by atoms with van der Waals surface area (Å²) < 4.78 is 15.5. The lowest BCUT2D eigenvalue weighted by molar-refractivity contribution is 0.214. The highest BCUT2D eigenvalue weighted by atomic mass is 127. The third-order valence-electron chi connectivity index (χ3n) is 2.77. The van der Waals surface area contributed by atoms with Gasteiger partial charge in [0.15, 0.2) is 0 Å². The maximum atomic E-state index is 13.8. The maximum absolute atomic E-state index is 13.8. The lowest BCUT2D eigenvalue weighted by atomic mass is 10.00. The van der Waals surface area contributed by atoms with Crippen molar-refractivity contribution in [2.45, 2.75) is 13.0 Å². The predicted octanol–water partition coefficient (Wildman–Crippen LogP) is 4.58. The largest absolute Gasteiger partial charge is 0.384 e. The van der Waals surface area contributed by atoms with Crippen LogP contribution in [0.4, 0.5) is 4.39 Å². The fraction of sp³-hybridized carbons (Fsp3) is 0.143. The Hall–Kier alpha value is -0.460. The minimum absolute atomic E-state index is 0.285. The first-order chi connectivity index (χ1) is 8.50. The highest BCUT2D eigenvalue weighted by molar-refractivity contribution is 14.1. The summed E-state index contributed by atoms with van der Waals surface area (Å²) in [4.78, 5) is 0. The molecular formula is C14H11BrFIO.